The van der Waals surface area contributed by atoms with E-state index in [4.69, 9.17) is 37.4 Å². The van der Waals surface area contributed by atoms with Gasteiger partial charge in [-0.3, -0.25) is 4.79 Å². The fourth-order valence-corrected chi connectivity index (χ4v) is 4.09. The number of hydrogen-bond donors (Lipinski definition) is 1. The summed E-state index contributed by atoms with van der Waals surface area (Å²) in [7, 11) is 1.55. The Kier molecular flexibility index (Phi) is 9.22. The van der Waals surface area contributed by atoms with Crippen molar-refractivity contribution in [2.75, 3.05) is 13.7 Å². The summed E-state index contributed by atoms with van der Waals surface area (Å²) in [5.74, 6) is 1.42. The highest BCUT2D eigenvalue weighted by Gasteiger charge is 2.13. The summed E-state index contributed by atoms with van der Waals surface area (Å²) in [5.41, 5.74) is 4.51. The summed E-state index contributed by atoms with van der Waals surface area (Å²) in [5, 5.41) is 5.16. The number of benzene rings is 3. The fourth-order valence-electron chi connectivity index (χ4n) is 2.85. The second kappa shape index (κ2) is 12.1. The molecule has 1 amide bonds. The van der Waals surface area contributed by atoms with E-state index in [1.165, 1.54) is 0 Å². The largest absolute Gasteiger partial charge is 0.497 e. The summed E-state index contributed by atoms with van der Waals surface area (Å²) in [6.07, 6.45) is 1.54. The van der Waals surface area contributed by atoms with Crippen LogP contribution in [0.2, 0.25) is 10.0 Å². The van der Waals surface area contributed by atoms with Gasteiger partial charge in [-0.05, 0) is 77.5 Å². The van der Waals surface area contributed by atoms with Gasteiger partial charge < -0.3 is 14.2 Å². The quantitative estimate of drug-likeness (QED) is 0.177. The number of hydrogen-bond acceptors (Lipinski definition) is 5. The van der Waals surface area contributed by atoms with Crippen LogP contribution in [0.25, 0.3) is 0 Å². The van der Waals surface area contributed by atoms with E-state index in [-0.39, 0.29) is 12.5 Å². The van der Waals surface area contributed by atoms with Crippen molar-refractivity contribution in [3.8, 4) is 17.2 Å². The molecule has 0 spiro atoms. The first-order valence-electron chi connectivity index (χ1n) is 9.91. The van der Waals surface area contributed by atoms with E-state index >= 15 is 0 Å². The summed E-state index contributed by atoms with van der Waals surface area (Å²) in [6, 6.07) is 15.8. The SMILES string of the molecule is CCOc1cc(C=NNC(=O)c2cccc(OC)c2)cc(I)c1OCc1ccc(Cl)cc1Cl. The van der Waals surface area contributed by atoms with Crippen molar-refractivity contribution in [2.45, 2.75) is 13.5 Å². The molecule has 0 aliphatic rings. The van der Waals surface area contributed by atoms with E-state index in [2.05, 4.69) is 33.1 Å². The van der Waals surface area contributed by atoms with E-state index in [9.17, 15) is 4.79 Å². The molecule has 0 unspecified atom stereocenters. The molecule has 172 valence electrons. The van der Waals surface area contributed by atoms with Gasteiger partial charge in [-0.1, -0.05) is 35.3 Å². The van der Waals surface area contributed by atoms with Crippen LogP contribution < -0.4 is 19.6 Å². The minimum Gasteiger partial charge on any atom is -0.497 e. The second-order valence-corrected chi connectivity index (χ2v) is 8.72. The van der Waals surface area contributed by atoms with E-state index in [1.54, 1.807) is 55.8 Å². The van der Waals surface area contributed by atoms with Crippen molar-refractivity contribution in [2.24, 2.45) is 5.10 Å². The van der Waals surface area contributed by atoms with Gasteiger partial charge in [0.15, 0.2) is 11.5 Å². The summed E-state index contributed by atoms with van der Waals surface area (Å²) < 4.78 is 17.8. The first-order chi connectivity index (χ1) is 15.9. The van der Waals surface area contributed by atoms with Gasteiger partial charge in [0.25, 0.3) is 5.91 Å². The summed E-state index contributed by atoms with van der Waals surface area (Å²) in [4.78, 5) is 12.3. The average molecular weight is 599 g/mol. The first-order valence-corrected chi connectivity index (χ1v) is 11.7. The van der Waals surface area contributed by atoms with Gasteiger partial charge >= 0.3 is 0 Å². The van der Waals surface area contributed by atoms with E-state index < -0.39 is 0 Å². The predicted molar refractivity (Wildman–Crippen MR) is 139 cm³/mol. The Hall–Kier alpha value is -2.49. The zero-order chi connectivity index (χ0) is 23.8. The highest BCUT2D eigenvalue weighted by Crippen LogP contribution is 2.35. The van der Waals surface area contributed by atoms with Crippen molar-refractivity contribution in [3.63, 3.8) is 0 Å². The maximum Gasteiger partial charge on any atom is 0.271 e. The number of carbonyl (C=O) groups excluding carboxylic acids is 1. The van der Waals surface area contributed by atoms with Crippen LogP contribution in [0.1, 0.15) is 28.4 Å². The highest BCUT2D eigenvalue weighted by molar-refractivity contribution is 14.1. The Morgan fingerprint density at radius 3 is 2.67 bits per heavy atom. The van der Waals surface area contributed by atoms with Crippen LogP contribution in [0, 0.1) is 3.57 Å². The van der Waals surface area contributed by atoms with Crippen molar-refractivity contribution in [3.05, 3.63) is 84.9 Å². The van der Waals surface area contributed by atoms with Gasteiger partial charge in [0.05, 0.1) is 23.5 Å². The van der Waals surface area contributed by atoms with Crippen molar-refractivity contribution in [1.29, 1.82) is 0 Å². The minimum absolute atomic E-state index is 0.260. The predicted octanol–water partition coefficient (Wildman–Crippen LogP) is 6.35. The number of ether oxygens (including phenoxy) is 3. The Morgan fingerprint density at radius 2 is 1.94 bits per heavy atom. The zero-order valence-electron chi connectivity index (χ0n) is 17.9. The van der Waals surface area contributed by atoms with Crippen LogP contribution in [-0.2, 0) is 6.61 Å². The number of amides is 1. The average Bonchev–Trinajstić information content (AvgIpc) is 2.80. The van der Waals surface area contributed by atoms with Crippen molar-refractivity contribution in [1.82, 2.24) is 5.43 Å². The third-order valence-electron chi connectivity index (χ3n) is 4.43. The maximum absolute atomic E-state index is 12.3. The van der Waals surface area contributed by atoms with Gasteiger partial charge in [-0.2, -0.15) is 5.10 Å². The lowest BCUT2D eigenvalue weighted by Gasteiger charge is -2.15. The Balaban J connectivity index is 1.73. The van der Waals surface area contributed by atoms with Crippen LogP contribution >= 0.6 is 45.8 Å². The molecule has 0 saturated carbocycles. The van der Waals surface area contributed by atoms with Crippen molar-refractivity contribution >= 4 is 57.9 Å². The van der Waals surface area contributed by atoms with Crippen LogP contribution in [0.5, 0.6) is 17.2 Å². The molecule has 9 heteroatoms. The Bertz CT molecular complexity index is 1170. The normalized spacial score (nSPS) is 10.8. The standard InChI is InChI=1S/C24H21Cl2IN2O4/c1-3-32-22-10-15(13-28-29-24(30)16-5-4-6-19(11-16)31-2)9-21(27)23(22)33-14-17-7-8-18(25)12-20(17)26/h4-13H,3,14H2,1-2H3,(H,29,30). The molecule has 3 aromatic rings. The summed E-state index contributed by atoms with van der Waals surface area (Å²) >= 11 is 14.4. The van der Waals surface area contributed by atoms with Gasteiger partial charge in [0.2, 0.25) is 0 Å². The lowest BCUT2D eigenvalue weighted by atomic mass is 10.2. The number of rotatable bonds is 9. The molecule has 0 radical (unpaired) electrons. The van der Waals surface area contributed by atoms with Crippen LogP contribution in [0.4, 0.5) is 0 Å². The van der Waals surface area contributed by atoms with Crippen LogP contribution in [0.3, 0.4) is 0 Å². The molecule has 0 aromatic heterocycles. The molecule has 6 nitrogen and oxygen atoms in total. The summed E-state index contributed by atoms with van der Waals surface area (Å²) in [6.45, 7) is 2.61. The number of halogens is 3. The molecule has 0 atom stereocenters. The molecule has 3 aromatic carbocycles. The molecule has 0 bridgehead atoms. The molecular weight excluding hydrogens is 578 g/mol. The monoisotopic (exact) mass is 598 g/mol. The third-order valence-corrected chi connectivity index (χ3v) is 5.82. The molecule has 3 rings (SSSR count). The van der Waals surface area contributed by atoms with Gasteiger partial charge in [-0.15, -0.1) is 0 Å². The van der Waals surface area contributed by atoms with Crippen LogP contribution in [0.15, 0.2) is 59.7 Å². The minimum atomic E-state index is -0.343. The van der Waals surface area contributed by atoms with E-state index in [1.807, 2.05) is 19.1 Å². The lowest BCUT2D eigenvalue weighted by Crippen LogP contribution is -2.17. The van der Waals surface area contributed by atoms with Crippen LogP contribution in [-0.4, -0.2) is 25.8 Å². The smallest absolute Gasteiger partial charge is 0.271 e. The highest BCUT2D eigenvalue weighted by atomic mass is 127. The molecule has 0 heterocycles. The Morgan fingerprint density at radius 1 is 1.12 bits per heavy atom. The number of hydrazone groups is 1. The molecule has 0 aliphatic heterocycles. The number of nitrogens with zero attached hydrogens (tertiary/aromatic N) is 1. The lowest BCUT2D eigenvalue weighted by molar-refractivity contribution is 0.0955. The molecular formula is C24H21Cl2IN2O4. The fraction of sp³-hybridized carbons (Fsp3) is 0.167. The number of nitrogens with one attached hydrogen (secondary N) is 1. The van der Waals surface area contributed by atoms with Gasteiger partial charge in [0.1, 0.15) is 12.4 Å². The Labute approximate surface area is 216 Å². The zero-order valence-corrected chi connectivity index (χ0v) is 21.6. The molecule has 0 aliphatic carbocycles. The van der Waals surface area contributed by atoms with Gasteiger partial charge in [-0.25, -0.2) is 5.43 Å². The molecule has 1 N–H and O–H groups in total. The van der Waals surface area contributed by atoms with Crippen molar-refractivity contribution < 1.29 is 19.0 Å². The van der Waals surface area contributed by atoms with E-state index in [0.29, 0.717) is 39.5 Å². The first kappa shape index (κ1) is 25.1. The number of methoxy groups -OCH3 is 1. The third kappa shape index (κ3) is 6.99. The van der Waals surface area contributed by atoms with E-state index in [0.717, 1.165) is 14.7 Å². The molecule has 33 heavy (non-hydrogen) atoms. The molecule has 0 saturated heterocycles. The number of carbonyl (C=O) groups is 1. The topological polar surface area (TPSA) is 69.2 Å². The molecule has 0 fully saturated rings. The second-order valence-electron chi connectivity index (χ2n) is 6.72. The maximum atomic E-state index is 12.3. The van der Waals surface area contributed by atoms with Gasteiger partial charge in [0, 0.05) is 21.2 Å².